The number of aryl methyl sites for hydroxylation is 1. The first-order valence-corrected chi connectivity index (χ1v) is 5.21. The summed E-state index contributed by atoms with van der Waals surface area (Å²) in [5, 5.41) is 4.10. The van der Waals surface area contributed by atoms with Crippen molar-refractivity contribution in [3.63, 3.8) is 0 Å². The maximum absolute atomic E-state index is 12.2. The summed E-state index contributed by atoms with van der Waals surface area (Å²) in [4.78, 5) is 0. The number of hydrogen-bond acceptors (Lipinski definition) is 2. The van der Waals surface area contributed by atoms with Gasteiger partial charge in [-0.05, 0) is 12.5 Å². The van der Waals surface area contributed by atoms with Gasteiger partial charge < -0.3 is 4.74 Å². The van der Waals surface area contributed by atoms with Gasteiger partial charge in [-0.2, -0.15) is 18.3 Å². The van der Waals surface area contributed by atoms with E-state index in [1.807, 2.05) is 6.92 Å². The van der Waals surface area contributed by atoms with Gasteiger partial charge in [-0.1, -0.05) is 0 Å². The Morgan fingerprint density at radius 2 is 2.31 bits per heavy atom. The van der Waals surface area contributed by atoms with Gasteiger partial charge in [0.2, 0.25) is 0 Å². The lowest BCUT2D eigenvalue weighted by Crippen LogP contribution is -2.28. The van der Waals surface area contributed by atoms with E-state index in [0.29, 0.717) is 13.0 Å². The normalized spacial score (nSPS) is 20.9. The van der Waals surface area contributed by atoms with Crippen LogP contribution in [0.3, 0.4) is 0 Å². The quantitative estimate of drug-likeness (QED) is 0.785. The summed E-state index contributed by atoms with van der Waals surface area (Å²) in [6.07, 6.45) is -3.87. The van der Waals surface area contributed by atoms with Gasteiger partial charge in [-0.15, -0.1) is 0 Å². The lowest BCUT2D eigenvalue weighted by atomic mass is 10.0. The molecule has 0 saturated heterocycles. The number of aromatic nitrogens is 2. The van der Waals surface area contributed by atoms with Crippen molar-refractivity contribution < 1.29 is 17.9 Å². The van der Waals surface area contributed by atoms with Crippen LogP contribution in [0.1, 0.15) is 24.6 Å². The molecule has 0 saturated carbocycles. The number of rotatable bonds is 2. The summed E-state index contributed by atoms with van der Waals surface area (Å²) in [6.45, 7) is 2.88. The van der Waals surface area contributed by atoms with Gasteiger partial charge in [-0.25, -0.2) is 0 Å². The smallest absolute Gasteiger partial charge is 0.371 e. The first-order valence-electron chi connectivity index (χ1n) is 5.21. The van der Waals surface area contributed by atoms with Crippen LogP contribution in [0.25, 0.3) is 0 Å². The molecule has 0 aliphatic carbocycles. The molecule has 0 aromatic carbocycles. The Morgan fingerprint density at radius 3 is 2.94 bits per heavy atom. The summed E-state index contributed by atoms with van der Waals surface area (Å²) < 4.78 is 43.5. The number of alkyl halides is 3. The molecule has 2 rings (SSSR count). The Morgan fingerprint density at radius 1 is 1.56 bits per heavy atom. The molecule has 1 atom stereocenters. The van der Waals surface area contributed by atoms with E-state index in [2.05, 4.69) is 5.10 Å². The lowest BCUT2D eigenvalue weighted by Gasteiger charge is -2.24. The van der Waals surface area contributed by atoms with Crippen LogP contribution in [0.15, 0.2) is 6.20 Å². The zero-order valence-corrected chi connectivity index (χ0v) is 8.92. The van der Waals surface area contributed by atoms with Crippen molar-refractivity contribution in [3.05, 3.63) is 17.5 Å². The highest BCUT2D eigenvalue weighted by atomic mass is 19.4. The minimum atomic E-state index is -4.16. The molecular formula is C10H13F3N2O. The second-order valence-corrected chi connectivity index (χ2v) is 3.89. The fourth-order valence-corrected chi connectivity index (χ4v) is 1.95. The molecule has 16 heavy (non-hydrogen) atoms. The van der Waals surface area contributed by atoms with E-state index in [-0.39, 0.29) is 6.61 Å². The molecule has 0 fully saturated rings. The number of nitrogens with zero attached hydrogens (tertiary/aromatic N) is 2. The average Bonchev–Trinajstić information content (AvgIpc) is 2.57. The second kappa shape index (κ2) is 4.08. The van der Waals surface area contributed by atoms with Gasteiger partial charge in [0, 0.05) is 13.0 Å². The predicted molar refractivity (Wildman–Crippen MR) is 50.9 cm³/mol. The molecule has 1 aromatic heterocycles. The average molecular weight is 234 g/mol. The molecule has 0 spiro atoms. The van der Waals surface area contributed by atoms with Crippen LogP contribution in [-0.4, -0.2) is 22.1 Å². The molecule has 0 bridgehead atoms. The van der Waals surface area contributed by atoms with Gasteiger partial charge in [0.1, 0.15) is 0 Å². The largest absolute Gasteiger partial charge is 0.391 e. The molecule has 1 aromatic rings. The monoisotopic (exact) mass is 234 g/mol. The fraction of sp³-hybridized carbons (Fsp3) is 0.700. The van der Waals surface area contributed by atoms with E-state index >= 15 is 0 Å². The van der Waals surface area contributed by atoms with Crippen molar-refractivity contribution in [2.75, 3.05) is 0 Å². The predicted octanol–water partition coefficient (Wildman–Crippen LogP) is 2.30. The van der Waals surface area contributed by atoms with Crippen molar-refractivity contribution in [1.29, 1.82) is 0 Å². The summed E-state index contributed by atoms with van der Waals surface area (Å²) in [5.41, 5.74) is 1.78. The van der Waals surface area contributed by atoms with Crippen molar-refractivity contribution in [2.45, 2.75) is 45.2 Å². The van der Waals surface area contributed by atoms with Crippen LogP contribution in [0.2, 0.25) is 0 Å². The number of hydrogen-bond donors (Lipinski definition) is 0. The minimum Gasteiger partial charge on any atom is -0.371 e. The zero-order valence-electron chi connectivity index (χ0n) is 8.92. The molecule has 6 heteroatoms. The molecule has 0 amide bonds. The van der Waals surface area contributed by atoms with Gasteiger partial charge in [0.15, 0.2) is 0 Å². The maximum Gasteiger partial charge on any atom is 0.391 e. The van der Waals surface area contributed by atoms with E-state index in [0.717, 1.165) is 11.3 Å². The first-order chi connectivity index (χ1) is 7.49. The van der Waals surface area contributed by atoms with Gasteiger partial charge >= 0.3 is 6.18 Å². The van der Waals surface area contributed by atoms with Crippen molar-refractivity contribution in [3.8, 4) is 0 Å². The van der Waals surface area contributed by atoms with E-state index < -0.39 is 18.7 Å². The van der Waals surface area contributed by atoms with Crippen molar-refractivity contribution in [2.24, 2.45) is 0 Å². The second-order valence-electron chi connectivity index (χ2n) is 3.89. The van der Waals surface area contributed by atoms with Crippen molar-refractivity contribution >= 4 is 0 Å². The number of halogens is 3. The molecule has 2 heterocycles. The topological polar surface area (TPSA) is 27.1 Å². The molecule has 0 radical (unpaired) electrons. The third kappa shape index (κ3) is 2.37. The third-order valence-electron chi connectivity index (χ3n) is 2.70. The molecule has 90 valence electrons. The Kier molecular flexibility index (Phi) is 2.92. The highest BCUT2D eigenvalue weighted by Crippen LogP contribution is 2.29. The van der Waals surface area contributed by atoms with E-state index in [1.165, 1.54) is 0 Å². The summed E-state index contributed by atoms with van der Waals surface area (Å²) in [6, 6.07) is 0. The van der Waals surface area contributed by atoms with Crippen molar-refractivity contribution in [1.82, 2.24) is 9.78 Å². The fourth-order valence-electron chi connectivity index (χ4n) is 1.95. The molecule has 3 nitrogen and oxygen atoms in total. The van der Waals surface area contributed by atoms with Gasteiger partial charge in [0.05, 0.1) is 31.0 Å². The van der Waals surface area contributed by atoms with E-state index in [9.17, 15) is 13.2 Å². The summed E-state index contributed by atoms with van der Waals surface area (Å²) in [7, 11) is 0. The van der Waals surface area contributed by atoms with Crippen LogP contribution in [0.4, 0.5) is 13.2 Å². The molecule has 1 aliphatic heterocycles. The third-order valence-corrected chi connectivity index (χ3v) is 2.70. The molecule has 1 aliphatic rings. The SMILES string of the molecule is CCn1ncc2c1COC(CC(F)(F)F)C2. The van der Waals surface area contributed by atoms with Crippen LogP contribution in [-0.2, 0) is 24.3 Å². The highest BCUT2D eigenvalue weighted by Gasteiger charge is 2.35. The number of fused-ring (bicyclic) bond motifs is 1. The molecular weight excluding hydrogens is 221 g/mol. The van der Waals surface area contributed by atoms with Crippen LogP contribution < -0.4 is 0 Å². The van der Waals surface area contributed by atoms with Gasteiger partial charge in [-0.3, -0.25) is 4.68 Å². The van der Waals surface area contributed by atoms with Crippen LogP contribution in [0, 0.1) is 0 Å². The van der Waals surface area contributed by atoms with Crippen LogP contribution in [0.5, 0.6) is 0 Å². The summed E-state index contributed by atoms with van der Waals surface area (Å²) in [5.74, 6) is 0. The maximum atomic E-state index is 12.2. The van der Waals surface area contributed by atoms with Gasteiger partial charge in [0.25, 0.3) is 0 Å². The Bertz CT molecular complexity index is 373. The van der Waals surface area contributed by atoms with E-state index in [4.69, 9.17) is 4.74 Å². The Hall–Kier alpha value is -1.04. The molecule has 1 unspecified atom stereocenters. The standard InChI is InChI=1S/C10H13F3N2O/c1-2-15-9-6-16-8(4-10(11,12)13)3-7(9)5-14-15/h5,8H,2-4,6H2,1H3. The summed E-state index contributed by atoms with van der Waals surface area (Å²) >= 11 is 0. The van der Waals surface area contributed by atoms with Crippen LogP contribution >= 0.6 is 0 Å². The highest BCUT2D eigenvalue weighted by molar-refractivity contribution is 5.20. The Labute approximate surface area is 91.2 Å². The number of ether oxygens (including phenoxy) is 1. The minimum absolute atomic E-state index is 0.226. The molecule has 0 N–H and O–H groups in total. The first kappa shape index (κ1) is 11.4. The zero-order chi connectivity index (χ0) is 11.8. The van der Waals surface area contributed by atoms with E-state index in [1.54, 1.807) is 10.9 Å². The lowest BCUT2D eigenvalue weighted by molar-refractivity contribution is -0.164. The Balaban J connectivity index is 2.07.